The Bertz CT molecular complexity index is 891. The predicted molar refractivity (Wildman–Crippen MR) is 96.8 cm³/mol. The van der Waals surface area contributed by atoms with Gasteiger partial charge < -0.3 is 9.67 Å². The lowest BCUT2D eigenvalue weighted by Gasteiger charge is -2.29. The van der Waals surface area contributed by atoms with E-state index in [-0.39, 0.29) is 5.92 Å². The highest BCUT2D eigenvalue weighted by Gasteiger charge is 2.40. The van der Waals surface area contributed by atoms with Gasteiger partial charge in [-0.15, -0.1) is 6.58 Å². The van der Waals surface area contributed by atoms with Crippen LogP contribution in [0.2, 0.25) is 0 Å². The van der Waals surface area contributed by atoms with Gasteiger partial charge in [-0.05, 0) is 43.4 Å². The summed E-state index contributed by atoms with van der Waals surface area (Å²) in [6, 6.07) is 15.2. The molecule has 118 valence electrons. The van der Waals surface area contributed by atoms with Crippen molar-refractivity contribution in [2.45, 2.75) is 37.2 Å². The number of hydrogen-bond donors (Lipinski definition) is 1. The molecule has 2 heteroatoms. The number of hydrogen-bond acceptors (Lipinski definition) is 1. The monoisotopic (exact) mass is 305 g/mol. The number of aliphatic hydroxyl groups is 1. The van der Waals surface area contributed by atoms with E-state index in [0.29, 0.717) is 6.42 Å². The summed E-state index contributed by atoms with van der Waals surface area (Å²) in [6.45, 7) is 3.83. The molecule has 1 fully saturated rings. The smallest absolute Gasteiger partial charge is 0.0750 e. The Morgan fingerprint density at radius 2 is 2.00 bits per heavy atom. The normalized spacial score (nSPS) is 24.5. The molecule has 4 rings (SSSR count). The minimum Gasteiger partial charge on any atom is -0.389 e. The Balaban J connectivity index is 1.88. The Kier molecular flexibility index (Phi) is 3.31. The van der Waals surface area contributed by atoms with Gasteiger partial charge in [0.05, 0.1) is 5.60 Å². The van der Waals surface area contributed by atoms with E-state index in [1.54, 1.807) is 0 Å². The summed E-state index contributed by atoms with van der Waals surface area (Å²) in [7, 11) is 2.12. The highest BCUT2D eigenvalue weighted by Crippen LogP contribution is 2.46. The Hall–Kier alpha value is -2.06. The number of rotatable bonds is 3. The maximum atomic E-state index is 11.0. The van der Waals surface area contributed by atoms with E-state index in [0.717, 1.165) is 19.3 Å². The molecule has 1 N–H and O–H groups in total. The van der Waals surface area contributed by atoms with Crippen LogP contribution in [0.5, 0.6) is 0 Å². The first-order valence-electron chi connectivity index (χ1n) is 8.44. The quantitative estimate of drug-likeness (QED) is 0.684. The lowest BCUT2D eigenvalue weighted by molar-refractivity contribution is 0.0330. The van der Waals surface area contributed by atoms with Crippen molar-refractivity contribution < 1.29 is 5.11 Å². The van der Waals surface area contributed by atoms with E-state index in [9.17, 15) is 5.11 Å². The number of para-hydroxylation sites is 1. The second-order valence-electron chi connectivity index (χ2n) is 6.89. The highest BCUT2D eigenvalue weighted by atomic mass is 16.3. The van der Waals surface area contributed by atoms with Gasteiger partial charge in [0.25, 0.3) is 0 Å². The van der Waals surface area contributed by atoms with Gasteiger partial charge in [0, 0.05) is 34.8 Å². The Morgan fingerprint density at radius 3 is 2.83 bits per heavy atom. The van der Waals surface area contributed by atoms with Crippen LogP contribution >= 0.6 is 0 Å². The summed E-state index contributed by atoms with van der Waals surface area (Å²) in [5, 5.41) is 13.6. The molecule has 0 amide bonds. The SMILES string of the molecule is C=CC[C@@]1(O)CCC[C@@H]1c1ccc2c3ccccc3n(C)c2c1. The molecule has 2 aromatic carbocycles. The first-order valence-corrected chi connectivity index (χ1v) is 8.44. The van der Waals surface area contributed by atoms with E-state index in [1.165, 1.54) is 27.4 Å². The second kappa shape index (κ2) is 5.24. The van der Waals surface area contributed by atoms with E-state index in [4.69, 9.17) is 0 Å². The number of benzene rings is 2. The minimum absolute atomic E-state index is 0.211. The lowest BCUT2D eigenvalue weighted by Crippen LogP contribution is -2.30. The van der Waals surface area contributed by atoms with Crippen molar-refractivity contribution in [1.82, 2.24) is 4.57 Å². The molecule has 3 aromatic rings. The molecule has 23 heavy (non-hydrogen) atoms. The van der Waals surface area contributed by atoms with E-state index >= 15 is 0 Å². The fourth-order valence-electron chi connectivity index (χ4n) is 4.42. The molecule has 1 aliphatic carbocycles. The number of nitrogens with zero attached hydrogens (tertiary/aromatic N) is 1. The van der Waals surface area contributed by atoms with Gasteiger partial charge in [-0.25, -0.2) is 0 Å². The number of aryl methyl sites for hydroxylation is 1. The molecular weight excluding hydrogens is 282 g/mol. The average molecular weight is 305 g/mol. The van der Waals surface area contributed by atoms with E-state index in [1.807, 2.05) is 6.08 Å². The molecule has 1 aliphatic rings. The van der Waals surface area contributed by atoms with Gasteiger partial charge >= 0.3 is 0 Å². The molecule has 0 spiro atoms. The Morgan fingerprint density at radius 1 is 1.22 bits per heavy atom. The van der Waals surface area contributed by atoms with Gasteiger partial charge in [-0.2, -0.15) is 0 Å². The van der Waals surface area contributed by atoms with E-state index in [2.05, 4.69) is 60.7 Å². The zero-order chi connectivity index (χ0) is 16.0. The zero-order valence-electron chi connectivity index (χ0n) is 13.6. The predicted octanol–water partition coefficient (Wildman–Crippen LogP) is 4.91. The first-order chi connectivity index (χ1) is 11.1. The van der Waals surface area contributed by atoms with Crippen LogP contribution in [0.15, 0.2) is 55.1 Å². The minimum atomic E-state index is -0.625. The molecule has 0 radical (unpaired) electrons. The fraction of sp³-hybridized carbons (Fsp3) is 0.333. The molecule has 1 heterocycles. The largest absolute Gasteiger partial charge is 0.389 e. The summed E-state index contributed by atoms with van der Waals surface area (Å²) >= 11 is 0. The highest BCUT2D eigenvalue weighted by molar-refractivity contribution is 6.08. The van der Waals surface area contributed by atoms with Crippen molar-refractivity contribution in [3.8, 4) is 0 Å². The van der Waals surface area contributed by atoms with Gasteiger partial charge in [0.1, 0.15) is 0 Å². The summed E-state index contributed by atoms with van der Waals surface area (Å²) < 4.78 is 2.26. The molecule has 1 aromatic heterocycles. The van der Waals surface area contributed by atoms with Crippen molar-refractivity contribution in [2.24, 2.45) is 7.05 Å². The molecule has 0 bridgehead atoms. The summed E-state index contributed by atoms with van der Waals surface area (Å²) in [6.07, 6.45) is 5.54. The zero-order valence-corrected chi connectivity index (χ0v) is 13.6. The standard InChI is InChI=1S/C21H23NO/c1-3-12-21(23)13-6-8-18(21)15-10-11-17-16-7-4-5-9-19(16)22(2)20(17)14-15/h3-5,7,9-11,14,18,23H,1,6,8,12-13H2,2H3/t18-,21-/m1/s1. The van der Waals surface area contributed by atoms with Crippen molar-refractivity contribution in [2.75, 3.05) is 0 Å². The maximum absolute atomic E-state index is 11.0. The van der Waals surface area contributed by atoms with Crippen LogP contribution in [0.4, 0.5) is 0 Å². The summed E-state index contributed by atoms with van der Waals surface area (Å²) in [4.78, 5) is 0. The van der Waals surface area contributed by atoms with Crippen LogP contribution < -0.4 is 0 Å². The topological polar surface area (TPSA) is 25.2 Å². The fourth-order valence-corrected chi connectivity index (χ4v) is 4.42. The third-order valence-electron chi connectivity index (χ3n) is 5.59. The van der Waals surface area contributed by atoms with Gasteiger partial charge in [0.2, 0.25) is 0 Å². The second-order valence-corrected chi connectivity index (χ2v) is 6.89. The van der Waals surface area contributed by atoms with Crippen LogP contribution in [0.3, 0.4) is 0 Å². The Labute approximate surface area is 137 Å². The molecule has 0 unspecified atom stereocenters. The molecule has 0 aliphatic heterocycles. The van der Waals surface area contributed by atoms with Crippen LogP contribution in [-0.4, -0.2) is 15.3 Å². The first kappa shape index (κ1) is 14.5. The van der Waals surface area contributed by atoms with Crippen LogP contribution in [-0.2, 0) is 7.05 Å². The third-order valence-corrected chi connectivity index (χ3v) is 5.59. The van der Waals surface area contributed by atoms with E-state index < -0.39 is 5.60 Å². The van der Waals surface area contributed by atoms with Crippen molar-refractivity contribution in [3.63, 3.8) is 0 Å². The van der Waals surface area contributed by atoms with Crippen molar-refractivity contribution in [1.29, 1.82) is 0 Å². The average Bonchev–Trinajstić information content (AvgIpc) is 3.07. The van der Waals surface area contributed by atoms with Crippen LogP contribution in [0.25, 0.3) is 21.8 Å². The molecular formula is C21H23NO. The lowest BCUT2D eigenvalue weighted by atomic mass is 9.82. The molecule has 2 atom stereocenters. The molecule has 1 saturated carbocycles. The number of aromatic nitrogens is 1. The third kappa shape index (κ3) is 2.13. The molecule has 0 saturated heterocycles. The number of fused-ring (bicyclic) bond motifs is 3. The maximum Gasteiger partial charge on any atom is 0.0750 e. The molecule has 2 nitrogen and oxygen atoms in total. The summed E-state index contributed by atoms with van der Waals surface area (Å²) in [5.74, 6) is 0.211. The van der Waals surface area contributed by atoms with Crippen LogP contribution in [0.1, 0.15) is 37.2 Å². The summed E-state index contributed by atoms with van der Waals surface area (Å²) in [5.41, 5.74) is 3.13. The van der Waals surface area contributed by atoms with Crippen molar-refractivity contribution >= 4 is 21.8 Å². The van der Waals surface area contributed by atoms with Crippen molar-refractivity contribution in [3.05, 3.63) is 60.7 Å². The van der Waals surface area contributed by atoms with Gasteiger partial charge in [-0.1, -0.05) is 36.4 Å². The van der Waals surface area contributed by atoms with Gasteiger partial charge in [-0.3, -0.25) is 0 Å². The van der Waals surface area contributed by atoms with Crippen LogP contribution in [0, 0.1) is 0 Å². The van der Waals surface area contributed by atoms with Gasteiger partial charge in [0.15, 0.2) is 0 Å².